The molecular formula is C36H38BrFN2O10. The van der Waals surface area contributed by atoms with E-state index in [0.717, 1.165) is 5.75 Å². The van der Waals surface area contributed by atoms with Gasteiger partial charge in [-0.3, -0.25) is 9.59 Å². The molecule has 0 aliphatic rings. The summed E-state index contributed by atoms with van der Waals surface area (Å²) in [5.74, 6) is 2.47. The number of halogens is 2. The molecule has 2 aromatic carbocycles. The molecule has 50 heavy (non-hydrogen) atoms. The summed E-state index contributed by atoms with van der Waals surface area (Å²) in [5, 5.41) is 0. The van der Waals surface area contributed by atoms with Gasteiger partial charge >= 0.3 is 0 Å². The predicted molar refractivity (Wildman–Crippen MR) is 177 cm³/mol. The van der Waals surface area contributed by atoms with Crippen molar-refractivity contribution in [3.8, 4) is 46.0 Å². The van der Waals surface area contributed by atoms with Gasteiger partial charge in [0.15, 0.2) is 41.2 Å². The lowest BCUT2D eigenvalue weighted by Crippen LogP contribution is -3.00. The predicted octanol–water partition coefficient (Wildman–Crippen LogP) is 2.24. The van der Waals surface area contributed by atoms with Gasteiger partial charge < -0.3 is 59.3 Å². The number of benzene rings is 2. The number of hydrogen-bond donors (Lipinski definition) is 0. The van der Waals surface area contributed by atoms with Crippen molar-refractivity contribution in [1.29, 1.82) is 0 Å². The maximum absolute atomic E-state index is 14.5. The van der Waals surface area contributed by atoms with Crippen LogP contribution >= 0.6 is 0 Å². The third-order valence-electron chi connectivity index (χ3n) is 7.48. The van der Waals surface area contributed by atoms with Gasteiger partial charge in [-0.2, -0.15) is 4.57 Å². The Balaban J connectivity index is 0.000000267. The van der Waals surface area contributed by atoms with Crippen molar-refractivity contribution < 1.29 is 73.4 Å². The maximum Gasteiger partial charge on any atom is 0.227 e. The highest BCUT2D eigenvalue weighted by Gasteiger charge is 2.24. The van der Waals surface area contributed by atoms with Gasteiger partial charge in [-0.25, -0.2) is 4.39 Å². The minimum atomic E-state index is -0.628. The number of pyridine rings is 2. The van der Waals surface area contributed by atoms with E-state index in [2.05, 4.69) is 0 Å². The lowest BCUT2D eigenvalue weighted by Gasteiger charge is -2.13. The van der Waals surface area contributed by atoms with Crippen LogP contribution in [0.15, 0.2) is 73.2 Å². The molecule has 0 aliphatic heterocycles. The van der Waals surface area contributed by atoms with Crippen molar-refractivity contribution in [3.05, 3.63) is 95.8 Å². The van der Waals surface area contributed by atoms with Crippen LogP contribution < -0.4 is 59.4 Å². The lowest BCUT2D eigenvalue weighted by atomic mass is 10.1. The highest BCUT2D eigenvalue weighted by atomic mass is 79.9. The van der Waals surface area contributed by atoms with Crippen LogP contribution in [0.25, 0.3) is 5.52 Å². The molecule has 12 nitrogen and oxygen atoms in total. The number of aromatic nitrogens is 2. The van der Waals surface area contributed by atoms with Gasteiger partial charge in [-0.05, 0) is 30.3 Å². The molecule has 0 bridgehead atoms. The zero-order valence-corrected chi connectivity index (χ0v) is 30.5. The Morgan fingerprint density at radius 2 is 1.10 bits per heavy atom. The van der Waals surface area contributed by atoms with Gasteiger partial charge in [0.2, 0.25) is 29.6 Å². The molecular weight excluding hydrogens is 719 g/mol. The number of rotatable bonds is 13. The molecule has 0 atom stereocenters. The number of nitrogens with zero attached hydrogens (tertiary/aromatic N) is 2. The summed E-state index contributed by atoms with van der Waals surface area (Å²) in [6, 6.07) is 14.5. The van der Waals surface area contributed by atoms with E-state index < -0.39 is 11.6 Å². The number of Topliss-reactive ketones (excluding diaryl/α,β-unsaturated/α-hetero) is 1. The van der Waals surface area contributed by atoms with E-state index in [1.807, 2.05) is 0 Å². The highest BCUT2D eigenvalue weighted by Crippen LogP contribution is 2.40. The van der Waals surface area contributed by atoms with Crippen LogP contribution in [0.5, 0.6) is 46.0 Å². The zero-order chi connectivity index (χ0) is 35.7. The molecule has 5 aromatic rings. The molecule has 0 fully saturated rings. The fourth-order valence-electron chi connectivity index (χ4n) is 5.00. The summed E-state index contributed by atoms with van der Waals surface area (Å²) in [6.07, 6.45) is 5.16. The number of fused-ring (bicyclic) bond motifs is 1. The molecule has 0 aliphatic carbocycles. The monoisotopic (exact) mass is 756 g/mol. The van der Waals surface area contributed by atoms with Crippen molar-refractivity contribution in [2.45, 2.75) is 6.54 Å². The van der Waals surface area contributed by atoms with Crippen LogP contribution in [0, 0.1) is 5.82 Å². The van der Waals surface area contributed by atoms with E-state index >= 15 is 0 Å². The molecule has 3 aromatic heterocycles. The van der Waals surface area contributed by atoms with Crippen molar-refractivity contribution in [1.82, 2.24) is 4.40 Å². The number of hydrogen-bond acceptors (Lipinski definition) is 10. The van der Waals surface area contributed by atoms with Gasteiger partial charge in [0.05, 0.1) is 62.4 Å². The lowest BCUT2D eigenvalue weighted by molar-refractivity contribution is -0.683. The van der Waals surface area contributed by atoms with Crippen molar-refractivity contribution in [2.75, 3.05) is 56.9 Å². The van der Waals surface area contributed by atoms with Crippen LogP contribution in [0.2, 0.25) is 0 Å². The Labute approximate surface area is 299 Å². The molecule has 0 unspecified atom stereocenters. The fourth-order valence-corrected chi connectivity index (χ4v) is 5.00. The molecule has 5 rings (SSSR count). The van der Waals surface area contributed by atoms with E-state index in [4.69, 9.17) is 37.9 Å². The number of ketones is 2. The SMILES string of the molecule is COc1cc[n+](CC(=O)c2cc(OC)c(OC)c(OC)c2)cc1.COc1ccn2c(C(=O)c3cc(OC)c(OC)c(OC)c3)c(F)cc2c1.[Br-]. The normalized spacial score (nSPS) is 10.2. The molecule has 3 heterocycles. The molecule has 0 saturated heterocycles. The minimum absolute atomic E-state index is 0. The third kappa shape index (κ3) is 8.37. The number of carbonyl (C=O) groups is 2. The average Bonchev–Trinajstić information content (AvgIpc) is 3.47. The molecule has 0 saturated carbocycles. The summed E-state index contributed by atoms with van der Waals surface area (Å²) in [7, 11) is 12.0. The Morgan fingerprint density at radius 3 is 1.54 bits per heavy atom. The van der Waals surface area contributed by atoms with E-state index in [1.54, 1.807) is 66.7 Å². The van der Waals surface area contributed by atoms with Crippen molar-refractivity contribution in [2.24, 2.45) is 0 Å². The fraction of sp³-hybridized carbons (Fsp3) is 0.250. The molecule has 0 amide bonds. The van der Waals surface area contributed by atoms with Gasteiger partial charge in [-0.1, -0.05) is 0 Å². The molecule has 0 N–H and O–H groups in total. The van der Waals surface area contributed by atoms with E-state index in [9.17, 15) is 14.0 Å². The first-order valence-corrected chi connectivity index (χ1v) is 14.7. The summed E-state index contributed by atoms with van der Waals surface area (Å²) in [6.45, 7) is 0.197. The second kappa shape index (κ2) is 17.8. The first kappa shape index (κ1) is 38.9. The van der Waals surface area contributed by atoms with Gasteiger partial charge in [-0.15, -0.1) is 0 Å². The smallest absolute Gasteiger partial charge is 0.227 e. The Kier molecular flexibility index (Phi) is 13.8. The second-order valence-corrected chi connectivity index (χ2v) is 10.2. The zero-order valence-electron chi connectivity index (χ0n) is 28.9. The summed E-state index contributed by atoms with van der Waals surface area (Å²) < 4.78 is 59.6. The summed E-state index contributed by atoms with van der Waals surface area (Å²) in [4.78, 5) is 25.5. The third-order valence-corrected chi connectivity index (χ3v) is 7.48. The molecule has 14 heteroatoms. The van der Waals surface area contributed by atoms with Crippen molar-refractivity contribution >= 4 is 17.1 Å². The number of ether oxygens (including phenoxy) is 8. The van der Waals surface area contributed by atoms with Crippen molar-refractivity contribution in [3.63, 3.8) is 0 Å². The Bertz CT molecular complexity index is 1900. The standard InChI is InChI=1S/C19H18FNO5.C17H20NO5.BrH/c1-23-13-5-6-21-12(9-13)10-14(20)17(21)18(22)11-7-15(24-2)19(26-4)16(8-11)25-3;1-20-13-5-7-18(8-6-13)11-14(19)12-9-15(21-2)17(23-4)16(10-12)22-3;/h5-10H,1-4H3;5-10H,11H2,1-4H3;1H/q;+1;/p-1. The highest BCUT2D eigenvalue weighted by molar-refractivity contribution is 6.09. The van der Waals surface area contributed by atoms with Crippen LogP contribution in [0.4, 0.5) is 4.39 Å². The van der Waals surface area contributed by atoms with E-state index in [-0.39, 0.29) is 40.6 Å². The van der Waals surface area contributed by atoms with Crippen LogP contribution in [0.3, 0.4) is 0 Å². The average molecular weight is 758 g/mol. The van der Waals surface area contributed by atoms with E-state index in [0.29, 0.717) is 51.3 Å². The largest absolute Gasteiger partial charge is 1.00 e. The van der Waals surface area contributed by atoms with E-state index in [1.165, 1.54) is 72.4 Å². The minimum Gasteiger partial charge on any atom is -1.00 e. The van der Waals surface area contributed by atoms with Gasteiger partial charge in [0.25, 0.3) is 0 Å². The Morgan fingerprint density at radius 1 is 0.620 bits per heavy atom. The number of carbonyl (C=O) groups excluding carboxylic acids is 2. The van der Waals surface area contributed by atoms with Crippen LogP contribution in [0.1, 0.15) is 26.4 Å². The van der Waals surface area contributed by atoms with Crippen LogP contribution in [-0.2, 0) is 6.54 Å². The topological polar surface area (TPSA) is 116 Å². The maximum atomic E-state index is 14.5. The first-order valence-electron chi connectivity index (χ1n) is 14.7. The van der Waals surface area contributed by atoms with Gasteiger partial charge in [0.1, 0.15) is 17.2 Å². The summed E-state index contributed by atoms with van der Waals surface area (Å²) in [5.41, 5.74) is 1.13. The first-order chi connectivity index (χ1) is 23.7. The molecule has 0 radical (unpaired) electrons. The van der Waals surface area contributed by atoms with Gasteiger partial charge in [0, 0.05) is 41.6 Å². The molecule has 266 valence electrons. The number of methoxy groups -OCH3 is 8. The quantitative estimate of drug-likeness (QED) is 0.131. The Hall–Kier alpha value is -5.50. The molecule has 0 spiro atoms. The second-order valence-electron chi connectivity index (χ2n) is 10.2. The van der Waals surface area contributed by atoms with Crippen LogP contribution in [-0.4, -0.2) is 72.8 Å². The summed E-state index contributed by atoms with van der Waals surface area (Å²) >= 11 is 0.